The van der Waals surface area contributed by atoms with Crippen molar-refractivity contribution < 1.29 is 14.1 Å². The van der Waals surface area contributed by atoms with E-state index in [-0.39, 0.29) is 18.1 Å². The van der Waals surface area contributed by atoms with Crippen LogP contribution < -0.4 is 0 Å². The molecular weight excluding hydrogens is 320 g/mol. The summed E-state index contributed by atoms with van der Waals surface area (Å²) in [5, 5.41) is 3.89. The molecule has 2 aliphatic rings. The molecule has 0 saturated carbocycles. The minimum Gasteiger partial charge on any atom is -0.447 e. The van der Waals surface area contributed by atoms with E-state index in [4.69, 9.17) is 9.26 Å². The molecule has 7 nitrogen and oxygen atoms in total. The lowest BCUT2D eigenvalue weighted by Crippen LogP contribution is -2.44. The Morgan fingerprint density at radius 1 is 1.28 bits per heavy atom. The quantitative estimate of drug-likeness (QED) is 0.851. The predicted octanol–water partition coefficient (Wildman–Crippen LogP) is 2.71. The molecule has 0 spiro atoms. The van der Waals surface area contributed by atoms with Crippen LogP contribution in [0.1, 0.15) is 42.1 Å². The van der Waals surface area contributed by atoms with Gasteiger partial charge in [0.15, 0.2) is 5.82 Å². The average molecular weight is 342 g/mol. The first-order valence-electron chi connectivity index (χ1n) is 8.71. The lowest BCUT2D eigenvalue weighted by atomic mass is 9.98. The van der Waals surface area contributed by atoms with Crippen LogP contribution in [0.5, 0.6) is 0 Å². The molecule has 2 aromatic rings. The maximum absolute atomic E-state index is 12.2. The Kier molecular flexibility index (Phi) is 4.40. The molecule has 3 heterocycles. The van der Waals surface area contributed by atoms with Gasteiger partial charge in [-0.1, -0.05) is 35.5 Å². The smallest absolute Gasteiger partial charge is 0.411 e. The van der Waals surface area contributed by atoms with Crippen LogP contribution in [-0.2, 0) is 4.74 Å². The number of hydrogen-bond donors (Lipinski definition) is 0. The topological polar surface area (TPSA) is 71.7 Å². The molecule has 2 atom stereocenters. The van der Waals surface area contributed by atoms with E-state index in [0.717, 1.165) is 31.5 Å². The van der Waals surface area contributed by atoms with Gasteiger partial charge in [-0.25, -0.2) is 4.79 Å². The number of carbonyl (C=O) groups excluding carboxylic acids is 1. The van der Waals surface area contributed by atoms with Crippen LogP contribution in [-0.4, -0.2) is 52.4 Å². The molecule has 2 aliphatic heterocycles. The van der Waals surface area contributed by atoms with Crippen LogP contribution in [0.2, 0.25) is 0 Å². The fourth-order valence-electron chi connectivity index (χ4n) is 3.64. The standard InChI is InChI=1S/C18H22N4O3/c1-13-19-17(25-20-13)15-8-5-9-21(10-15)12-22-16(11-24-18(22)23)14-6-3-2-4-7-14/h2-4,6-7,15-16H,5,8-12H2,1H3/t15-,16-/m0/s1. The van der Waals surface area contributed by atoms with Crippen molar-refractivity contribution in [2.75, 3.05) is 26.4 Å². The number of nitrogens with zero attached hydrogens (tertiary/aromatic N) is 4. The highest BCUT2D eigenvalue weighted by Crippen LogP contribution is 2.30. The van der Waals surface area contributed by atoms with E-state index in [9.17, 15) is 4.79 Å². The SMILES string of the molecule is Cc1noc([C@H]2CCCN(CN3C(=O)OC[C@H]3c3ccccc3)C2)n1. The number of amides is 1. The average Bonchev–Trinajstić information content (AvgIpc) is 3.23. The van der Waals surface area contributed by atoms with Gasteiger partial charge in [-0.3, -0.25) is 9.80 Å². The van der Waals surface area contributed by atoms with E-state index >= 15 is 0 Å². The van der Waals surface area contributed by atoms with Gasteiger partial charge in [-0.05, 0) is 31.9 Å². The van der Waals surface area contributed by atoms with Crippen molar-refractivity contribution in [1.82, 2.24) is 19.9 Å². The zero-order valence-corrected chi connectivity index (χ0v) is 14.3. The molecule has 1 aromatic carbocycles. The van der Waals surface area contributed by atoms with Crippen LogP contribution in [0.25, 0.3) is 0 Å². The summed E-state index contributed by atoms with van der Waals surface area (Å²) in [5.74, 6) is 1.59. The van der Waals surface area contributed by atoms with Gasteiger partial charge in [0, 0.05) is 6.54 Å². The maximum Gasteiger partial charge on any atom is 0.411 e. The van der Waals surface area contributed by atoms with Gasteiger partial charge < -0.3 is 9.26 Å². The minimum absolute atomic E-state index is 0.0280. The van der Waals surface area contributed by atoms with Gasteiger partial charge in [0.25, 0.3) is 0 Å². The number of benzene rings is 1. The van der Waals surface area contributed by atoms with Crippen molar-refractivity contribution >= 4 is 6.09 Å². The lowest BCUT2D eigenvalue weighted by Gasteiger charge is -2.34. The molecule has 4 rings (SSSR count). The van der Waals surface area contributed by atoms with Crippen molar-refractivity contribution in [1.29, 1.82) is 0 Å². The Labute approximate surface area is 146 Å². The van der Waals surface area contributed by atoms with Crippen LogP contribution in [0, 0.1) is 6.92 Å². The van der Waals surface area contributed by atoms with Gasteiger partial charge in [-0.2, -0.15) is 4.98 Å². The third-order valence-corrected chi connectivity index (χ3v) is 4.91. The zero-order chi connectivity index (χ0) is 17.2. The predicted molar refractivity (Wildman–Crippen MR) is 89.8 cm³/mol. The number of carbonyl (C=O) groups is 1. The Hall–Kier alpha value is -2.41. The molecule has 0 radical (unpaired) electrons. The number of piperidine rings is 1. The zero-order valence-electron chi connectivity index (χ0n) is 14.3. The summed E-state index contributed by atoms with van der Waals surface area (Å²) in [5.41, 5.74) is 1.11. The van der Waals surface area contributed by atoms with Gasteiger partial charge >= 0.3 is 6.09 Å². The van der Waals surface area contributed by atoms with Gasteiger partial charge in [-0.15, -0.1) is 0 Å². The molecule has 1 amide bonds. The third-order valence-electron chi connectivity index (χ3n) is 4.91. The molecule has 25 heavy (non-hydrogen) atoms. The van der Waals surface area contributed by atoms with Crippen LogP contribution >= 0.6 is 0 Å². The van der Waals surface area contributed by atoms with Crippen molar-refractivity contribution in [2.45, 2.75) is 31.7 Å². The molecule has 2 saturated heterocycles. The fraction of sp³-hybridized carbons (Fsp3) is 0.500. The van der Waals surface area contributed by atoms with E-state index in [1.165, 1.54) is 0 Å². The number of aryl methyl sites for hydroxylation is 1. The molecular formula is C18H22N4O3. The highest BCUT2D eigenvalue weighted by molar-refractivity contribution is 5.70. The van der Waals surface area contributed by atoms with E-state index in [1.807, 2.05) is 42.2 Å². The summed E-state index contributed by atoms with van der Waals surface area (Å²) in [6, 6.07) is 10.0. The van der Waals surface area contributed by atoms with E-state index < -0.39 is 0 Å². The Morgan fingerprint density at radius 3 is 2.88 bits per heavy atom. The van der Waals surface area contributed by atoms with Crippen molar-refractivity contribution in [2.24, 2.45) is 0 Å². The summed E-state index contributed by atoms with van der Waals surface area (Å²) < 4.78 is 10.6. The minimum atomic E-state index is -0.246. The van der Waals surface area contributed by atoms with Crippen LogP contribution in [0.4, 0.5) is 4.79 Å². The summed E-state index contributed by atoms with van der Waals surface area (Å²) in [7, 11) is 0. The number of ether oxygens (including phenoxy) is 1. The molecule has 1 aromatic heterocycles. The molecule has 2 fully saturated rings. The fourth-order valence-corrected chi connectivity index (χ4v) is 3.64. The largest absolute Gasteiger partial charge is 0.447 e. The molecule has 0 N–H and O–H groups in total. The molecule has 0 bridgehead atoms. The Morgan fingerprint density at radius 2 is 2.12 bits per heavy atom. The molecule has 132 valence electrons. The number of rotatable bonds is 4. The van der Waals surface area contributed by atoms with Crippen molar-refractivity contribution in [3.63, 3.8) is 0 Å². The second-order valence-electron chi connectivity index (χ2n) is 6.71. The second kappa shape index (κ2) is 6.84. The summed E-state index contributed by atoms with van der Waals surface area (Å²) in [6.45, 7) is 4.56. The molecule has 0 aliphatic carbocycles. The van der Waals surface area contributed by atoms with Crippen LogP contribution in [0.15, 0.2) is 34.9 Å². The Balaban J connectivity index is 1.45. The van der Waals surface area contributed by atoms with Gasteiger partial charge in [0.2, 0.25) is 5.89 Å². The maximum atomic E-state index is 12.2. The number of hydrogen-bond acceptors (Lipinski definition) is 6. The summed E-state index contributed by atoms with van der Waals surface area (Å²) >= 11 is 0. The van der Waals surface area contributed by atoms with E-state index in [1.54, 1.807) is 0 Å². The summed E-state index contributed by atoms with van der Waals surface area (Å²) in [4.78, 5) is 20.7. The second-order valence-corrected chi connectivity index (χ2v) is 6.71. The first-order valence-corrected chi connectivity index (χ1v) is 8.71. The highest BCUT2D eigenvalue weighted by Gasteiger charge is 2.36. The third kappa shape index (κ3) is 3.37. The first-order chi connectivity index (χ1) is 12.2. The highest BCUT2D eigenvalue weighted by atomic mass is 16.6. The normalized spacial score (nSPS) is 24.5. The van der Waals surface area contributed by atoms with Gasteiger partial charge in [0.05, 0.1) is 18.6 Å². The number of aromatic nitrogens is 2. The number of likely N-dealkylation sites (tertiary alicyclic amines) is 1. The van der Waals surface area contributed by atoms with E-state index in [0.29, 0.717) is 25.0 Å². The van der Waals surface area contributed by atoms with E-state index in [2.05, 4.69) is 15.0 Å². The van der Waals surface area contributed by atoms with Crippen molar-refractivity contribution in [3.8, 4) is 0 Å². The molecule has 7 heteroatoms. The Bertz CT molecular complexity index is 733. The number of cyclic esters (lactones) is 1. The molecule has 0 unspecified atom stereocenters. The summed E-state index contributed by atoms with van der Waals surface area (Å²) in [6.07, 6.45) is 1.83. The first kappa shape index (κ1) is 16.1. The van der Waals surface area contributed by atoms with Gasteiger partial charge in [0.1, 0.15) is 6.61 Å². The van der Waals surface area contributed by atoms with Crippen LogP contribution in [0.3, 0.4) is 0 Å². The van der Waals surface area contributed by atoms with Crippen molar-refractivity contribution in [3.05, 3.63) is 47.6 Å². The lowest BCUT2D eigenvalue weighted by molar-refractivity contribution is 0.0986. The monoisotopic (exact) mass is 342 g/mol.